The first kappa shape index (κ1) is 8.89. The highest BCUT2D eigenvalue weighted by atomic mass is 32.2. The molecule has 0 aliphatic carbocycles. The number of aromatic nitrogens is 4. The molecular formula is C8H7N5S. The van der Waals surface area contributed by atoms with Crippen LogP contribution in [-0.2, 0) is 0 Å². The molecule has 70 valence electrons. The summed E-state index contributed by atoms with van der Waals surface area (Å²) in [6.07, 6.45) is 4.77. The lowest BCUT2D eigenvalue weighted by molar-refractivity contribution is 0.963. The molecule has 5 nitrogen and oxygen atoms in total. The van der Waals surface area contributed by atoms with E-state index in [1.807, 2.05) is 0 Å². The minimum absolute atomic E-state index is 0.455. The standard InChI is InChI=1S/C8H7N5S/c9-6-1-4-11-8(13-6)14-7-2-3-10-5-12-7/h1-5H,(H2,9,11,13). The second kappa shape index (κ2) is 4.01. The van der Waals surface area contributed by atoms with Gasteiger partial charge in [-0.2, -0.15) is 0 Å². The maximum absolute atomic E-state index is 5.52. The molecule has 2 rings (SSSR count). The Kier molecular flexibility index (Phi) is 2.55. The number of anilines is 1. The number of hydrogen-bond acceptors (Lipinski definition) is 6. The fourth-order valence-corrected chi connectivity index (χ4v) is 1.52. The van der Waals surface area contributed by atoms with Crippen molar-refractivity contribution in [3.8, 4) is 0 Å². The van der Waals surface area contributed by atoms with Crippen molar-refractivity contribution in [3.05, 3.63) is 30.9 Å². The molecule has 0 amide bonds. The van der Waals surface area contributed by atoms with Gasteiger partial charge in [-0.3, -0.25) is 0 Å². The highest BCUT2D eigenvalue weighted by Crippen LogP contribution is 2.21. The summed E-state index contributed by atoms with van der Waals surface area (Å²) in [5.74, 6) is 0.455. The van der Waals surface area contributed by atoms with E-state index < -0.39 is 0 Å². The molecule has 14 heavy (non-hydrogen) atoms. The summed E-state index contributed by atoms with van der Waals surface area (Å²) in [7, 11) is 0. The van der Waals surface area contributed by atoms with Gasteiger partial charge in [0.05, 0.1) is 0 Å². The largest absolute Gasteiger partial charge is 0.384 e. The van der Waals surface area contributed by atoms with Gasteiger partial charge in [0.1, 0.15) is 17.2 Å². The molecule has 0 bridgehead atoms. The zero-order valence-electron chi connectivity index (χ0n) is 7.16. The quantitative estimate of drug-likeness (QED) is 0.582. The van der Waals surface area contributed by atoms with E-state index in [9.17, 15) is 0 Å². The first-order valence-electron chi connectivity index (χ1n) is 3.87. The molecule has 0 aromatic carbocycles. The van der Waals surface area contributed by atoms with Crippen LogP contribution in [0.4, 0.5) is 5.82 Å². The summed E-state index contributed by atoms with van der Waals surface area (Å²) < 4.78 is 0. The van der Waals surface area contributed by atoms with Crippen molar-refractivity contribution in [2.75, 3.05) is 5.73 Å². The van der Waals surface area contributed by atoms with Gasteiger partial charge in [0, 0.05) is 12.4 Å². The van der Waals surface area contributed by atoms with Gasteiger partial charge in [-0.1, -0.05) is 0 Å². The van der Waals surface area contributed by atoms with Gasteiger partial charge in [-0.25, -0.2) is 19.9 Å². The number of nitrogen functional groups attached to an aromatic ring is 1. The number of nitrogens with zero attached hydrogens (tertiary/aromatic N) is 4. The third kappa shape index (κ3) is 2.17. The van der Waals surface area contributed by atoms with E-state index in [4.69, 9.17) is 5.73 Å². The van der Waals surface area contributed by atoms with E-state index >= 15 is 0 Å². The van der Waals surface area contributed by atoms with Crippen LogP contribution in [0.15, 0.2) is 41.0 Å². The Morgan fingerprint density at radius 2 is 2.07 bits per heavy atom. The van der Waals surface area contributed by atoms with E-state index in [0.717, 1.165) is 5.03 Å². The summed E-state index contributed by atoms with van der Waals surface area (Å²) in [5, 5.41) is 1.38. The molecule has 0 spiro atoms. The molecule has 2 aromatic heterocycles. The van der Waals surface area contributed by atoms with Crippen molar-refractivity contribution in [3.63, 3.8) is 0 Å². The molecule has 0 saturated carbocycles. The van der Waals surface area contributed by atoms with E-state index in [0.29, 0.717) is 11.0 Å². The van der Waals surface area contributed by atoms with Crippen LogP contribution in [0.5, 0.6) is 0 Å². The molecular weight excluding hydrogens is 198 g/mol. The van der Waals surface area contributed by atoms with Crippen LogP contribution < -0.4 is 5.73 Å². The minimum atomic E-state index is 0.455. The Hall–Kier alpha value is -1.69. The predicted octanol–water partition coefficient (Wildman–Crippen LogP) is 1.00. The van der Waals surface area contributed by atoms with Crippen molar-refractivity contribution < 1.29 is 0 Å². The second-order valence-corrected chi connectivity index (χ2v) is 3.40. The van der Waals surface area contributed by atoms with Crippen molar-refractivity contribution in [1.29, 1.82) is 0 Å². The topological polar surface area (TPSA) is 77.6 Å². The third-order valence-electron chi connectivity index (χ3n) is 1.41. The van der Waals surface area contributed by atoms with Crippen LogP contribution in [0.2, 0.25) is 0 Å². The molecule has 0 fully saturated rings. The number of hydrogen-bond donors (Lipinski definition) is 1. The fraction of sp³-hybridized carbons (Fsp3) is 0. The lowest BCUT2D eigenvalue weighted by Crippen LogP contribution is -1.93. The Bertz CT molecular complexity index is 419. The monoisotopic (exact) mass is 205 g/mol. The Morgan fingerprint density at radius 1 is 1.14 bits per heavy atom. The van der Waals surface area contributed by atoms with Crippen molar-refractivity contribution in [1.82, 2.24) is 19.9 Å². The van der Waals surface area contributed by atoms with E-state index in [1.54, 1.807) is 24.5 Å². The molecule has 0 saturated heterocycles. The highest BCUT2D eigenvalue weighted by Gasteiger charge is 2.00. The normalized spacial score (nSPS) is 10.0. The van der Waals surface area contributed by atoms with Gasteiger partial charge in [0.15, 0.2) is 5.16 Å². The SMILES string of the molecule is Nc1ccnc(Sc2ccncn2)n1. The van der Waals surface area contributed by atoms with Crippen molar-refractivity contribution in [2.45, 2.75) is 10.2 Å². The van der Waals surface area contributed by atoms with E-state index in [2.05, 4.69) is 19.9 Å². The first-order valence-corrected chi connectivity index (χ1v) is 4.68. The molecule has 0 radical (unpaired) electrons. The Balaban J connectivity index is 2.19. The first-order chi connectivity index (χ1) is 6.84. The van der Waals surface area contributed by atoms with Gasteiger partial charge >= 0.3 is 0 Å². The molecule has 6 heteroatoms. The number of rotatable bonds is 2. The third-order valence-corrected chi connectivity index (χ3v) is 2.24. The molecule has 0 atom stereocenters. The molecule has 0 aliphatic rings. The van der Waals surface area contributed by atoms with Gasteiger partial charge < -0.3 is 5.73 Å². The summed E-state index contributed by atoms with van der Waals surface area (Å²) >= 11 is 1.35. The van der Waals surface area contributed by atoms with Crippen LogP contribution in [-0.4, -0.2) is 19.9 Å². The van der Waals surface area contributed by atoms with E-state index in [1.165, 1.54) is 18.1 Å². The molecule has 2 aromatic rings. The van der Waals surface area contributed by atoms with Crippen LogP contribution >= 0.6 is 11.8 Å². The van der Waals surface area contributed by atoms with E-state index in [-0.39, 0.29) is 0 Å². The molecule has 0 aliphatic heterocycles. The smallest absolute Gasteiger partial charge is 0.195 e. The average Bonchev–Trinajstić information content (AvgIpc) is 2.19. The van der Waals surface area contributed by atoms with Gasteiger partial charge in [0.2, 0.25) is 0 Å². The highest BCUT2D eigenvalue weighted by molar-refractivity contribution is 7.99. The summed E-state index contributed by atoms with van der Waals surface area (Å²) in [5.41, 5.74) is 5.52. The zero-order chi connectivity index (χ0) is 9.80. The van der Waals surface area contributed by atoms with Gasteiger partial charge in [-0.05, 0) is 23.9 Å². The van der Waals surface area contributed by atoms with Crippen molar-refractivity contribution in [2.24, 2.45) is 0 Å². The Morgan fingerprint density at radius 3 is 2.79 bits per heavy atom. The van der Waals surface area contributed by atoms with Gasteiger partial charge in [0.25, 0.3) is 0 Å². The Labute approximate surface area is 84.8 Å². The average molecular weight is 205 g/mol. The number of nitrogens with two attached hydrogens (primary N) is 1. The van der Waals surface area contributed by atoms with Crippen LogP contribution in [0, 0.1) is 0 Å². The summed E-state index contributed by atoms with van der Waals surface area (Å²) in [6.45, 7) is 0. The second-order valence-electron chi connectivity index (χ2n) is 2.41. The summed E-state index contributed by atoms with van der Waals surface area (Å²) in [4.78, 5) is 15.9. The summed E-state index contributed by atoms with van der Waals surface area (Å²) in [6, 6.07) is 3.43. The van der Waals surface area contributed by atoms with Crippen molar-refractivity contribution >= 4 is 17.6 Å². The van der Waals surface area contributed by atoms with Gasteiger partial charge in [-0.15, -0.1) is 0 Å². The fourth-order valence-electron chi connectivity index (χ4n) is 0.836. The lowest BCUT2D eigenvalue weighted by atomic mass is 10.6. The maximum Gasteiger partial charge on any atom is 0.195 e. The van der Waals surface area contributed by atoms with Crippen LogP contribution in [0.25, 0.3) is 0 Å². The minimum Gasteiger partial charge on any atom is -0.384 e. The van der Waals surface area contributed by atoms with Crippen LogP contribution in [0.3, 0.4) is 0 Å². The molecule has 0 unspecified atom stereocenters. The zero-order valence-corrected chi connectivity index (χ0v) is 7.98. The predicted molar refractivity (Wildman–Crippen MR) is 52.6 cm³/mol. The van der Waals surface area contributed by atoms with Crippen LogP contribution in [0.1, 0.15) is 0 Å². The molecule has 2 heterocycles. The lowest BCUT2D eigenvalue weighted by Gasteiger charge is -1.98. The molecule has 2 N–H and O–H groups in total. The maximum atomic E-state index is 5.52.